The van der Waals surface area contributed by atoms with E-state index in [4.69, 9.17) is 14.4 Å². The number of hydrogen-bond acceptors (Lipinski definition) is 7. The molecule has 34 heavy (non-hydrogen) atoms. The molecule has 0 fully saturated rings. The van der Waals surface area contributed by atoms with Gasteiger partial charge in [-0.15, -0.1) is 0 Å². The number of benzene rings is 2. The molecule has 9 nitrogen and oxygen atoms in total. The topological polar surface area (TPSA) is 138 Å². The minimum absolute atomic E-state index is 0.0261. The van der Waals surface area contributed by atoms with Gasteiger partial charge in [0.05, 0.1) is 29.3 Å². The average molecular weight is 480 g/mol. The quantitative estimate of drug-likeness (QED) is 0.355. The van der Waals surface area contributed by atoms with E-state index in [2.05, 4.69) is 10.0 Å². The van der Waals surface area contributed by atoms with E-state index in [1.54, 1.807) is 30.3 Å². The Kier molecular flexibility index (Phi) is 7.97. The number of rotatable bonds is 9. The van der Waals surface area contributed by atoms with Crippen LogP contribution in [0.4, 0.5) is 5.69 Å². The summed E-state index contributed by atoms with van der Waals surface area (Å²) < 4.78 is 37.3. The Labute approximate surface area is 196 Å². The number of carbonyl (C=O) groups excluding carboxylic acids is 2. The molecular formula is C24H21N3O6S. The molecule has 3 aromatic rings. The first-order chi connectivity index (χ1) is 16.3. The van der Waals surface area contributed by atoms with Gasteiger partial charge in [0.2, 0.25) is 10.0 Å². The number of nitrogens with zero attached hydrogens (tertiary/aromatic N) is 1. The Morgan fingerprint density at radius 1 is 1.15 bits per heavy atom. The van der Waals surface area contributed by atoms with Gasteiger partial charge in [-0.25, -0.2) is 17.9 Å². The lowest BCUT2D eigenvalue weighted by atomic mass is 10.2. The van der Waals surface area contributed by atoms with E-state index in [0.717, 1.165) is 6.08 Å². The Morgan fingerprint density at radius 3 is 2.59 bits per heavy atom. The number of ether oxygens (including phenoxy) is 1. The number of anilines is 1. The van der Waals surface area contributed by atoms with Gasteiger partial charge in [-0.3, -0.25) is 4.79 Å². The smallest absolute Gasteiger partial charge is 0.331 e. The van der Waals surface area contributed by atoms with Crippen molar-refractivity contribution in [3.8, 4) is 6.07 Å². The Bertz CT molecular complexity index is 1320. The van der Waals surface area contributed by atoms with Crippen LogP contribution in [-0.4, -0.2) is 26.4 Å². The van der Waals surface area contributed by atoms with Crippen molar-refractivity contribution < 1.29 is 27.2 Å². The molecule has 0 bridgehead atoms. The molecule has 0 aliphatic carbocycles. The zero-order valence-electron chi connectivity index (χ0n) is 18.1. The van der Waals surface area contributed by atoms with Crippen molar-refractivity contribution >= 4 is 33.7 Å². The first-order valence-corrected chi connectivity index (χ1v) is 11.6. The minimum Gasteiger partial charge on any atom is -0.468 e. The molecule has 1 heterocycles. The minimum atomic E-state index is -3.73. The summed E-state index contributed by atoms with van der Waals surface area (Å²) in [5.41, 5.74) is 1.36. The third kappa shape index (κ3) is 6.90. The van der Waals surface area contributed by atoms with Crippen molar-refractivity contribution in [1.29, 1.82) is 5.26 Å². The van der Waals surface area contributed by atoms with E-state index in [-0.39, 0.29) is 11.4 Å². The molecule has 10 heteroatoms. The summed E-state index contributed by atoms with van der Waals surface area (Å²) in [6.45, 7) is 1.45. The van der Waals surface area contributed by atoms with Crippen LogP contribution in [0.2, 0.25) is 0 Å². The van der Waals surface area contributed by atoms with Crippen LogP contribution in [0.25, 0.3) is 6.08 Å². The normalized spacial score (nSPS) is 12.1. The van der Waals surface area contributed by atoms with Crippen LogP contribution >= 0.6 is 0 Å². The van der Waals surface area contributed by atoms with E-state index in [1.165, 1.54) is 49.6 Å². The van der Waals surface area contributed by atoms with E-state index in [9.17, 15) is 18.0 Å². The van der Waals surface area contributed by atoms with Gasteiger partial charge < -0.3 is 14.5 Å². The van der Waals surface area contributed by atoms with Crippen LogP contribution in [0.3, 0.4) is 0 Å². The van der Waals surface area contributed by atoms with Crippen molar-refractivity contribution in [1.82, 2.24) is 4.72 Å². The second kappa shape index (κ2) is 11.1. The van der Waals surface area contributed by atoms with Crippen molar-refractivity contribution in [2.24, 2.45) is 0 Å². The van der Waals surface area contributed by atoms with Gasteiger partial charge in [0, 0.05) is 11.8 Å². The standard InChI is InChI=1S/C24H21N3O6S/c1-17(24(29)27-20-5-2-4-19(14-20)15-25)33-23(28)12-9-18-7-10-22(11-8-18)34(30,31)26-16-21-6-3-13-32-21/h2-14,17,26H,16H2,1H3,(H,27,29)/b12-9+. The maximum absolute atomic E-state index is 12.4. The molecule has 174 valence electrons. The molecule has 1 aromatic heterocycles. The van der Waals surface area contributed by atoms with Crippen LogP contribution in [0.5, 0.6) is 0 Å². The highest BCUT2D eigenvalue weighted by Crippen LogP contribution is 2.14. The maximum Gasteiger partial charge on any atom is 0.331 e. The first-order valence-electron chi connectivity index (χ1n) is 10.1. The summed E-state index contributed by atoms with van der Waals surface area (Å²) in [7, 11) is -3.73. The Morgan fingerprint density at radius 2 is 1.91 bits per heavy atom. The molecule has 1 amide bonds. The van der Waals surface area contributed by atoms with Crippen LogP contribution in [-0.2, 0) is 30.9 Å². The van der Waals surface area contributed by atoms with Gasteiger partial charge in [-0.2, -0.15) is 5.26 Å². The molecule has 1 atom stereocenters. The number of carbonyl (C=O) groups is 2. The predicted molar refractivity (Wildman–Crippen MR) is 124 cm³/mol. The summed E-state index contributed by atoms with van der Waals surface area (Å²) in [6, 6.07) is 17.5. The van der Waals surface area contributed by atoms with Crippen molar-refractivity contribution in [2.45, 2.75) is 24.5 Å². The molecule has 0 aliphatic rings. The van der Waals surface area contributed by atoms with E-state index < -0.39 is 28.0 Å². The number of hydrogen-bond donors (Lipinski definition) is 2. The van der Waals surface area contributed by atoms with Crippen LogP contribution in [0.1, 0.15) is 23.8 Å². The Balaban J connectivity index is 1.52. The molecule has 1 unspecified atom stereocenters. The molecular weight excluding hydrogens is 458 g/mol. The summed E-state index contributed by atoms with van der Waals surface area (Å²) in [6.07, 6.45) is 2.96. The highest BCUT2D eigenvalue weighted by Gasteiger charge is 2.17. The molecule has 0 saturated heterocycles. The number of sulfonamides is 1. The number of nitrogens with one attached hydrogen (secondary N) is 2. The second-order valence-electron chi connectivity index (χ2n) is 7.07. The van der Waals surface area contributed by atoms with Crippen LogP contribution in [0.15, 0.2) is 82.3 Å². The highest BCUT2D eigenvalue weighted by molar-refractivity contribution is 7.89. The number of nitriles is 1. The van der Waals surface area contributed by atoms with E-state index >= 15 is 0 Å². The van der Waals surface area contributed by atoms with Crippen molar-refractivity contribution in [3.63, 3.8) is 0 Å². The molecule has 3 rings (SSSR count). The second-order valence-corrected chi connectivity index (χ2v) is 8.83. The lowest BCUT2D eigenvalue weighted by molar-refractivity contribution is -0.148. The number of amides is 1. The zero-order valence-corrected chi connectivity index (χ0v) is 18.9. The summed E-state index contributed by atoms with van der Waals surface area (Å²) in [4.78, 5) is 24.3. The molecule has 0 saturated carbocycles. The van der Waals surface area contributed by atoms with Crippen LogP contribution < -0.4 is 10.0 Å². The lowest BCUT2D eigenvalue weighted by Gasteiger charge is -2.12. The monoisotopic (exact) mass is 479 g/mol. The van der Waals surface area contributed by atoms with Gasteiger partial charge in [0.15, 0.2) is 6.10 Å². The average Bonchev–Trinajstić information content (AvgIpc) is 3.36. The predicted octanol–water partition coefficient (Wildman–Crippen LogP) is 3.21. The van der Waals surface area contributed by atoms with Gasteiger partial charge in [-0.05, 0) is 61.0 Å². The van der Waals surface area contributed by atoms with Gasteiger partial charge >= 0.3 is 5.97 Å². The van der Waals surface area contributed by atoms with Gasteiger partial charge in [-0.1, -0.05) is 18.2 Å². The van der Waals surface area contributed by atoms with Crippen molar-refractivity contribution in [2.75, 3.05) is 5.32 Å². The third-order valence-electron chi connectivity index (χ3n) is 4.54. The van der Waals surface area contributed by atoms with E-state index in [1.807, 2.05) is 6.07 Å². The lowest BCUT2D eigenvalue weighted by Crippen LogP contribution is -2.29. The summed E-state index contributed by atoms with van der Waals surface area (Å²) in [5, 5.41) is 11.5. The maximum atomic E-state index is 12.4. The number of furan rings is 1. The number of esters is 1. The summed E-state index contributed by atoms with van der Waals surface area (Å²) in [5.74, 6) is -0.807. The first kappa shape index (κ1) is 24.4. The molecule has 2 N–H and O–H groups in total. The highest BCUT2D eigenvalue weighted by atomic mass is 32.2. The molecule has 0 spiro atoms. The summed E-state index contributed by atoms with van der Waals surface area (Å²) >= 11 is 0. The molecule has 0 radical (unpaired) electrons. The van der Waals surface area contributed by atoms with Gasteiger partial charge in [0.25, 0.3) is 5.91 Å². The van der Waals surface area contributed by atoms with Crippen molar-refractivity contribution in [3.05, 3.63) is 89.9 Å². The largest absolute Gasteiger partial charge is 0.468 e. The Hall–Kier alpha value is -4.20. The third-order valence-corrected chi connectivity index (χ3v) is 5.96. The molecule has 2 aromatic carbocycles. The SMILES string of the molecule is CC(OC(=O)/C=C/c1ccc(S(=O)(=O)NCc2ccco2)cc1)C(=O)Nc1cccc(C#N)c1. The molecule has 0 aliphatic heterocycles. The van der Waals surface area contributed by atoms with E-state index in [0.29, 0.717) is 22.6 Å². The fourth-order valence-corrected chi connectivity index (χ4v) is 3.76. The fraction of sp³-hybridized carbons (Fsp3) is 0.125. The zero-order chi connectivity index (χ0) is 24.6. The van der Waals surface area contributed by atoms with Gasteiger partial charge in [0.1, 0.15) is 5.76 Å². The van der Waals surface area contributed by atoms with Crippen LogP contribution in [0, 0.1) is 11.3 Å². The fourth-order valence-electron chi connectivity index (χ4n) is 2.76.